The zero-order chi connectivity index (χ0) is 14.5. The molecule has 2 N–H and O–H groups in total. The van der Waals surface area contributed by atoms with Crippen molar-refractivity contribution in [1.82, 2.24) is 0 Å². The summed E-state index contributed by atoms with van der Waals surface area (Å²) in [7, 11) is 0. The average molecular weight is 270 g/mol. The topological polar surface area (TPSA) is 99.3 Å². The van der Waals surface area contributed by atoms with E-state index >= 15 is 0 Å². The highest BCUT2D eigenvalue weighted by atomic mass is 16.4. The third-order valence-electron chi connectivity index (χ3n) is 2.51. The first-order valence-corrected chi connectivity index (χ1v) is 5.65. The van der Waals surface area contributed by atoms with E-state index in [1.54, 1.807) is 24.3 Å². The molecule has 0 heterocycles. The molecular formula is C14H10N2O4. The molecule has 0 amide bonds. The lowest BCUT2D eigenvalue weighted by Crippen LogP contribution is -1.94. The SMILES string of the molecule is O=C(O)c1ccc(/N=N\c2ccc(C(=O)O)cc2)cc1. The summed E-state index contributed by atoms with van der Waals surface area (Å²) in [5.74, 6) is -2.00. The molecule has 0 spiro atoms. The summed E-state index contributed by atoms with van der Waals surface area (Å²) >= 11 is 0. The van der Waals surface area contributed by atoms with Crippen molar-refractivity contribution in [1.29, 1.82) is 0 Å². The lowest BCUT2D eigenvalue weighted by atomic mass is 10.2. The van der Waals surface area contributed by atoms with E-state index in [1.807, 2.05) is 0 Å². The van der Waals surface area contributed by atoms with Crippen LogP contribution in [0.5, 0.6) is 0 Å². The van der Waals surface area contributed by atoms with Gasteiger partial charge in [-0.2, -0.15) is 10.2 Å². The Hall–Kier alpha value is -3.02. The summed E-state index contributed by atoms with van der Waals surface area (Å²) < 4.78 is 0. The Morgan fingerprint density at radius 3 is 1.20 bits per heavy atom. The van der Waals surface area contributed by atoms with Crippen molar-refractivity contribution in [2.75, 3.05) is 0 Å². The standard InChI is InChI=1S/C14H10N2O4/c17-13(18)9-1-5-11(6-2-9)15-16-12-7-3-10(4-8-12)14(19)20/h1-8H,(H,17,18)(H,19,20)/b16-15-. The minimum Gasteiger partial charge on any atom is -0.478 e. The van der Waals surface area contributed by atoms with Gasteiger partial charge < -0.3 is 10.2 Å². The van der Waals surface area contributed by atoms with Crippen LogP contribution in [0.15, 0.2) is 58.8 Å². The number of benzene rings is 2. The summed E-state index contributed by atoms with van der Waals surface area (Å²) in [6.45, 7) is 0. The molecule has 0 aromatic heterocycles. The molecular weight excluding hydrogens is 260 g/mol. The van der Waals surface area contributed by atoms with Crippen molar-refractivity contribution in [2.24, 2.45) is 10.2 Å². The monoisotopic (exact) mass is 270 g/mol. The second-order valence-electron chi connectivity index (χ2n) is 3.90. The Labute approximate surface area is 114 Å². The minimum atomic E-state index is -1.00. The van der Waals surface area contributed by atoms with E-state index < -0.39 is 11.9 Å². The number of carboxylic acids is 2. The van der Waals surface area contributed by atoms with Gasteiger partial charge in [-0.05, 0) is 48.5 Å². The van der Waals surface area contributed by atoms with Gasteiger partial charge in [0.25, 0.3) is 0 Å². The number of hydrogen-bond acceptors (Lipinski definition) is 4. The molecule has 0 saturated heterocycles. The maximum absolute atomic E-state index is 10.7. The van der Waals surface area contributed by atoms with E-state index in [9.17, 15) is 9.59 Å². The quantitative estimate of drug-likeness (QED) is 0.830. The van der Waals surface area contributed by atoms with Crippen LogP contribution in [0.25, 0.3) is 0 Å². The van der Waals surface area contributed by atoms with E-state index in [-0.39, 0.29) is 11.1 Å². The van der Waals surface area contributed by atoms with Crippen LogP contribution in [0.4, 0.5) is 11.4 Å². The van der Waals surface area contributed by atoms with Crippen molar-refractivity contribution < 1.29 is 19.8 Å². The van der Waals surface area contributed by atoms with Crippen molar-refractivity contribution in [2.45, 2.75) is 0 Å². The first kappa shape index (κ1) is 13.4. The van der Waals surface area contributed by atoms with E-state index in [2.05, 4.69) is 10.2 Å². The fourth-order valence-electron chi connectivity index (χ4n) is 1.46. The van der Waals surface area contributed by atoms with E-state index in [0.717, 1.165) is 0 Å². The Morgan fingerprint density at radius 1 is 0.650 bits per heavy atom. The number of rotatable bonds is 4. The summed E-state index contributed by atoms with van der Waals surface area (Å²) in [5.41, 5.74) is 1.37. The molecule has 6 heteroatoms. The van der Waals surface area contributed by atoms with Crippen molar-refractivity contribution >= 4 is 23.3 Å². The van der Waals surface area contributed by atoms with Crippen LogP contribution in [0.2, 0.25) is 0 Å². The van der Waals surface area contributed by atoms with E-state index in [4.69, 9.17) is 10.2 Å². The second kappa shape index (κ2) is 5.75. The van der Waals surface area contributed by atoms with Gasteiger partial charge in [-0.3, -0.25) is 0 Å². The molecule has 20 heavy (non-hydrogen) atoms. The first-order valence-electron chi connectivity index (χ1n) is 5.65. The number of nitrogens with zero attached hydrogens (tertiary/aromatic N) is 2. The third kappa shape index (κ3) is 3.26. The van der Waals surface area contributed by atoms with Crippen molar-refractivity contribution in [3.8, 4) is 0 Å². The van der Waals surface area contributed by atoms with Gasteiger partial charge in [0.15, 0.2) is 0 Å². The van der Waals surface area contributed by atoms with Gasteiger partial charge in [0.05, 0.1) is 22.5 Å². The van der Waals surface area contributed by atoms with Crippen LogP contribution in [0, 0.1) is 0 Å². The Balaban J connectivity index is 2.12. The Bertz CT molecular complexity index is 601. The van der Waals surface area contributed by atoms with Crippen LogP contribution in [0.1, 0.15) is 20.7 Å². The molecule has 6 nitrogen and oxygen atoms in total. The Morgan fingerprint density at radius 2 is 0.950 bits per heavy atom. The molecule has 0 unspecified atom stereocenters. The second-order valence-corrected chi connectivity index (χ2v) is 3.90. The fraction of sp³-hybridized carbons (Fsp3) is 0. The number of azo groups is 1. The summed E-state index contributed by atoms with van der Waals surface area (Å²) in [5, 5.41) is 25.4. The minimum absolute atomic E-state index is 0.176. The van der Waals surface area contributed by atoms with Crippen LogP contribution in [-0.4, -0.2) is 22.2 Å². The first-order chi connectivity index (χ1) is 9.56. The molecule has 0 fully saturated rings. The van der Waals surface area contributed by atoms with Crippen LogP contribution in [-0.2, 0) is 0 Å². The average Bonchev–Trinajstić information content (AvgIpc) is 2.46. The van der Waals surface area contributed by atoms with Crippen LogP contribution >= 0.6 is 0 Å². The number of hydrogen-bond donors (Lipinski definition) is 2. The number of aromatic carboxylic acids is 2. The molecule has 0 bridgehead atoms. The van der Waals surface area contributed by atoms with Gasteiger partial charge in [0.2, 0.25) is 0 Å². The van der Waals surface area contributed by atoms with Gasteiger partial charge in [0, 0.05) is 0 Å². The fourth-order valence-corrected chi connectivity index (χ4v) is 1.46. The summed E-state index contributed by atoms with van der Waals surface area (Å²) in [4.78, 5) is 21.4. The molecule has 0 atom stereocenters. The lowest BCUT2D eigenvalue weighted by molar-refractivity contribution is 0.0686. The zero-order valence-electron chi connectivity index (χ0n) is 10.2. The van der Waals surface area contributed by atoms with Crippen molar-refractivity contribution in [3.63, 3.8) is 0 Å². The highest BCUT2D eigenvalue weighted by Crippen LogP contribution is 2.19. The van der Waals surface area contributed by atoms with Crippen LogP contribution in [0.3, 0.4) is 0 Å². The lowest BCUT2D eigenvalue weighted by Gasteiger charge is -1.96. The van der Waals surface area contributed by atoms with E-state index in [0.29, 0.717) is 11.4 Å². The van der Waals surface area contributed by atoms with Gasteiger partial charge >= 0.3 is 11.9 Å². The van der Waals surface area contributed by atoms with Gasteiger partial charge in [-0.1, -0.05) is 0 Å². The maximum Gasteiger partial charge on any atom is 0.335 e. The van der Waals surface area contributed by atoms with E-state index in [1.165, 1.54) is 24.3 Å². The largest absolute Gasteiger partial charge is 0.478 e. The summed E-state index contributed by atoms with van der Waals surface area (Å²) in [6.07, 6.45) is 0. The maximum atomic E-state index is 10.7. The highest BCUT2D eigenvalue weighted by molar-refractivity contribution is 5.88. The molecule has 0 radical (unpaired) electrons. The summed E-state index contributed by atoms with van der Waals surface area (Å²) in [6, 6.07) is 11.9. The van der Waals surface area contributed by atoms with Crippen LogP contribution < -0.4 is 0 Å². The van der Waals surface area contributed by atoms with Gasteiger partial charge in [-0.25, -0.2) is 9.59 Å². The molecule has 2 rings (SSSR count). The number of carbonyl (C=O) groups is 2. The molecule has 0 aliphatic carbocycles. The normalized spacial score (nSPS) is 10.6. The molecule has 0 aliphatic rings. The van der Waals surface area contributed by atoms with Crippen molar-refractivity contribution in [3.05, 3.63) is 59.7 Å². The Kier molecular flexibility index (Phi) is 3.85. The molecule has 100 valence electrons. The molecule has 2 aromatic carbocycles. The predicted octanol–water partition coefficient (Wildman–Crippen LogP) is 3.50. The zero-order valence-corrected chi connectivity index (χ0v) is 10.2. The molecule has 0 saturated carbocycles. The van der Waals surface area contributed by atoms with Gasteiger partial charge in [-0.15, -0.1) is 0 Å². The predicted molar refractivity (Wildman–Crippen MR) is 71.0 cm³/mol. The van der Waals surface area contributed by atoms with Gasteiger partial charge in [0.1, 0.15) is 0 Å². The third-order valence-corrected chi connectivity index (χ3v) is 2.51. The number of carboxylic acid groups (broad SMARTS) is 2. The molecule has 0 aliphatic heterocycles. The molecule has 2 aromatic rings. The highest BCUT2D eigenvalue weighted by Gasteiger charge is 2.02. The smallest absolute Gasteiger partial charge is 0.335 e.